The third kappa shape index (κ3) is 5.89. The van der Waals surface area contributed by atoms with Crippen LogP contribution in [-0.4, -0.2) is 43.6 Å². The van der Waals surface area contributed by atoms with Crippen LogP contribution in [0.25, 0.3) is 0 Å². The number of hydrogen-bond acceptors (Lipinski definition) is 5. The van der Waals surface area contributed by atoms with E-state index in [1.807, 2.05) is 0 Å². The quantitative estimate of drug-likeness (QED) is 0.707. The molecule has 2 N–H and O–H groups in total. The predicted molar refractivity (Wildman–Crippen MR) is 66.8 cm³/mol. The molecule has 9 heteroatoms. The first-order valence-corrected chi connectivity index (χ1v) is 7.36. The smallest absolute Gasteiger partial charge is 0.271 e. The van der Waals surface area contributed by atoms with Crippen LogP contribution >= 0.6 is 11.6 Å². The second-order valence-corrected chi connectivity index (χ2v) is 5.72. The van der Waals surface area contributed by atoms with Gasteiger partial charge in [-0.15, -0.1) is 0 Å². The summed E-state index contributed by atoms with van der Waals surface area (Å²) in [7, 11) is -3.18. The summed E-state index contributed by atoms with van der Waals surface area (Å²) in [5.41, 5.74) is 0.162. The average molecular weight is 293 g/mol. The van der Waals surface area contributed by atoms with Crippen LogP contribution in [0.2, 0.25) is 5.15 Å². The van der Waals surface area contributed by atoms with Gasteiger partial charge in [0.2, 0.25) is 10.0 Å². The van der Waals surface area contributed by atoms with E-state index in [4.69, 9.17) is 11.6 Å². The van der Waals surface area contributed by atoms with Gasteiger partial charge in [0.25, 0.3) is 5.91 Å². The van der Waals surface area contributed by atoms with Crippen LogP contribution in [0.3, 0.4) is 0 Å². The number of carbonyl (C=O) groups is 1. The van der Waals surface area contributed by atoms with Crippen molar-refractivity contribution in [3.05, 3.63) is 23.2 Å². The highest BCUT2D eigenvalue weighted by Crippen LogP contribution is 2.00. The van der Waals surface area contributed by atoms with Crippen molar-refractivity contribution in [2.75, 3.05) is 19.3 Å². The Hall–Kier alpha value is -1.25. The molecule has 1 heterocycles. The normalized spacial score (nSPS) is 11.2. The van der Waals surface area contributed by atoms with Gasteiger partial charge in [0.05, 0.1) is 18.6 Å². The molecule has 0 bridgehead atoms. The summed E-state index contributed by atoms with van der Waals surface area (Å²) in [4.78, 5) is 19.0. The van der Waals surface area contributed by atoms with Gasteiger partial charge < -0.3 is 5.32 Å². The van der Waals surface area contributed by atoms with Crippen LogP contribution in [0, 0.1) is 0 Å². The molecule has 1 aromatic rings. The first-order valence-electron chi connectivity index (χ1n) is 5.09. The van der Waals surface area contributed by atoms with Crippen molar-refractivity contribution in [2.24, 2.45) is 0 Å². The minimum Gasteiger partial charge on any atom is -0.351 e. The average Bonchev–Trinajstić information content (AvgIpc) is 2.27. The Morgan fingerprint density at radius 1 is 1.33 bits per heavy atom. The fraction of sp³-hybridized carbons (Fsp3) is 0.444. The number of carbonyl (C=O) groups excluding carboxylic acids is 1. The molecule has 0 saturated heterocycles. The van der Waals surface area contributed by atoms with Gasteiger partial charge in [0, 0.05) is 13.1 Å². The molecule has 0 fully saturated rings. The van der Waals surface area contributed by atoms with Crippen molar-refractivity contribution in [3.63, 3.8) is 0 Å². The molecule has 0 unspecified atom stereocenters. The topological polar surface area (TPSA) is 101 Å². The predicted octanol–water partition coefficient (Wildman–Crippen LogP) is -0.201. The van der Waals surface area contributed by atoms with E-state index in [0.717, 1.165) is 6.26 Å². The minimum atomic E-state index is -3.18. The Labute approximate surface area is 110 Å². The maximum atomic E-state index is 11.5. The van der Waals surface area contributed by atoms with Crippen LogP contribution in [0.5, 0.6) is 0 Å². The van der Waals surface area contributed by atoms with E-state index < -0.39 is 10.0 Å². The first-order chi connectivity index (χ1) is 8.38. The molecule has 0 spiro atoms. The Morgan fingerprint density at radius 2 is 2.06 bits per heavy atom. The van der Waals surface area contributed by atoms with Crippen molar-refractivity contribution in [3.8, 4) is 0 Å². The molecule has 0 atom stereocenters. The zero-order valence-corrected chi connectivity index (χ0v) is 11.3. The summed E-state index contributed by atoms with van der Waals surface area (Å²) in [6.07, 6.45) is 4.11. The SMILES string of the molecule is CS(=O)(=O)NCCCNC(=O)c1cnc(Cl)cn1. The number of amides is 1. The lowest BCUT2D eigenvalue weighted by Gasteiger charge is -2.04. The molecular formula is C9H13ClN4O3S. The largest absolute Gasteiger partial charge is 0.351 e. The van der Waals surface area contributed by atoms with Gasteiger partial charge in [-0.05, 0) is 6.42 Å². The molecule has 1 rings (SSSR count). The molecule has 18 heavy (non-hydrogen) atoms. The highest BCUT2D eigenvalue weighted by atomic mass is 35.5. The maximum absolute atomic E-state index is 11.5. The van der Waals surface area contributed by atoms with E-state index in [9.17, 15) is 13.2 Å². The van der Waals surface area contributed by atoms with Crippen LogP contribution in [0.15, 0.2) is 12.4 Å². The van der Waals surface area contributed by atoms with E-state index in [2.05, 4.69) is 20.0 Å². The van der Waals surface area contributed by atoms with Gasteiger partial charge in [-0.2, -0.15) is 0 Å². The number of sulfonamides is 1. The number of nitrogens with one attached hydrogen (secondary N) is 2. The van der Waals surface area contributed by atoms with Crippen molar-refractivity contribution >= 4 is 27.5 Å². The molecule has 0 aliphatic heterocycles. The molecule has 0 aromatic carbocycles. The molecule has 0 aliphatic carbocycles. The van der Waals surface area contributed by atoms with Gasteiger partial charge in [-0.1, -0.05) is 11.6 Å². The van der Waals surface area contributed by atoms with Crippen molar-refractivity contribution in [1.29, 1.82) is 0 Å². The Morgan fingerprint density at radius 3 is 2.61 bits per heavy atom. The molecule has 100 valence electrons. The van der Waals surface area contributed by atoms with Crippen LogP contribution in [-0.2, 0) is 10.0 Å². The summed E-state index contributed by atoms with van der Waals surface area (Å²) in [5.74, 6) is -0.376. The molecule has 0 aliphatic rings. The van der Waals surface area contributed by atoms with Crippen molar-refractivity contribution in [1.82, 2.24) is 20.0 Å². The van der Waals surface area contributed by atoms with Crippen molar-refractivity contribution in [2.45, 2.75) is 6.42 Å². The van der Waals surface area contributed by atoms with Crippen LogP contribution in [0.1, 0.15) is 16.9 Å². The number of nitrogens with zero attached hydrogens (tertiary/aromatic N) is 2. The lowest BCUT2D eigenvalue weighted by molar-refractivity contribution is 0.0948. The summed E-state index contributed by atoms with van der Waals surface area (Å²) in [5, 5.41) is 2.80. The zero-order chi connectivity index (χ0) is 13.6. The zero-order valence-electron chi connectivity index (χ0n) is 9.68. The Balaban J connectivity index is 2.28. The van der Waals surface area contributed by atoms with Crippen LogP contribution in [0.4, 0.5) is 0 Å². The summed E-state index contributed by atoms with van der Waals surface area (Å²) in [6.45, 7) is 0.608. The van der Waals surface area contributed by atoms with E-state index in [0.29, 0.717) is 13.0 Å². The molecule has 1 aromatic heterocycles. The number of aromatic nitrogens is 2. The highest BCUT2D eigenvalue weighted by Gasteiger charge is 2.06. The lowest BCUT2D eigenvalue weighted by Crippen LogP contribution is -2.29. The third-order valence-corrected chi connectivity index (χ3v) is 2.78. The van der Waals surface area contributed by atoms with Gasteiger partial charge in [-0.25, -0.2) is 23.1 Å². The van der Waals surface area contributed by atoms with E-state index in [1.165, 1.54) is 12.4 Å². The fourth-order valence-electron chi connectivity index (χ4n) is 1.07. The summed E-state index contributed by atoms with van der Waals surface area (Å²) < 4.78 is 23.8. The second-order valence-electron chi connectivity index (χ2n) is 3.50. The fourth-order valence-corrected chi connectivity index (χ4v) is 1.68. The van der Waals surface area contributed by atoms with Crippen molar-refractivity contribution < 1.29 is 13.2 Å². The van der Waals surface area contributed by atoms with Gasteiger partial charge >= 0.3 is 0 Å². The summed E-state index contributed by atoms with van der Waals surface area (Å²) in [6, 6.07) is 0. The summed E-state index contributed by atoms with van der Waals surface area (Å²) >= 11 is 5.53. The molecule has 0 saturated carbocycles. The van der Waals surface area contributed by atoms with Crippen LogP contribution < -0.4 is 10.0 Å². The Bertz CT molecular complexity index is 503. The minimum absolute atomic E-state index is 0.162. The first kappa shape index (κ1) is 14.8. The van der Waals surface area contributed by atoms with E-state index >= 15 is 0 Å². The van der Waals surface area contributed by atoms with E-state index in [-0.39, 0.29) is 23.3 Å². The van der Waals surface area contributed by atoms with E-state index in [1.54, 1.807) is 0 Å². The number of rotatable bonds is 6. The molecular weight excluding hydrogens is 280 g/mol. The monoisotopic (exact) mass is 292 g/mol. The van der Waals surface area contributed by atoms with Gasteiger partial charge in [-0.3, -0.25) is 4.79 Å². The highest BCUT2D eigenvalue weighted by molar-refractivity contribution is 7.88. The standard InChI is InChI=1S/C9H13ClN4O3S/c1-18(16,17)14-4-2-3-11-9(15)7-5-13-8(10)6-12-7/h5-6,14H,2-4H2,1H3,(H,11,15). The second kappa shape index (κ2) is 6.62. The lowest BCUT2D eigenvalue weighted by atomic mass is 10.4. The Kier molecular flexibility index (Phi) is 5.45. The van der Waals surface area contributed by atoms with Gasteiger partial charge in [0.15, 0.2) is 0 Å². The molecule has 7 nitrogen and oxygen atoms in total. The number of hydrogen-bond donors (Lipinski definition) is 2. The maximum Gasteiger partial charge on any atom is 0.271 e. The van der Waals surface area contributed by atoms with Gasteiger partial charge in [0.1, 0.15) is 10.8 Å². The molecule has 1 amide bonds. The third-order valence-electron chi connectivity index (χ3n) is 1.86. The number of halogens is 1. The molecule has 0 radical (unpaired) electrons.